The Morgan fingerprint density at radius 1 is 1.03 bits per heavy atom. The van der Waals surface area contributed by atoms with Gasteiger partial charge in [-0.15, -0.1) is 0 Å². The zero-order valence-corrected chi connectivity index (χ0v) is 22.6. The van der Waals surface area contributed by atoms with Crippen LogP contribution in [0.15, 0.2) is 42.5 Å². The Bertz CT molecular complexity index is 1140. The van der Waals surface area contributed by atoms with Crippen LogP contribution in [0.5, 0.6) is 5.75 Å². The molecule has 0 saturated heterocycles. The third-order valence-electron chi connectivity index (χ3n) is 5.24. The minimum Gasteiger partial charge on any atom is -0.508 e. The number of alkyl carbamates (subject to hydrolysis) is 1. The van der Waals surface area contributed by atoms with Crippen LogP contribution in [0.25, 0.3) is 0 Å². The molecule has 0 spiro atoms. The van der Waals surface area contributed by atoms with Gasteiger partial charge in [0.2, 0.25) is 5.91 Å². The van der Waals surface area contributed by atoms with Crippen molar-refractivity contribution < 1.29 is 24.2 Å². The molecule has 0 bridgehead atoms. The SMILES string of the molecule is C#CN(C(=O)C(Cc1ccc(O)cc1)NC(=O)OC(C)(C)C)C(C(=O)NC(C)C)c1cc(C)cc(C)c1. The van der Waals surface area contributed by atoms with Gasteiger partial charge in [0.25, 0.3) is 5.91 Å². The maximum atomic E-state index is 13.9. The van der Waals surface area contributed by atoms with Gasteiger partial charge < -0.3 is 20.5 Å². The quantitative estimate of drug-likeness (QED) is 0.368. The lowest BCUT2D eigenvalue weighted by atomic mass is 9.97. The number of amides is 3. The van der Waals surface area contributed by atoms with Gasteiger partial charge in [0.05, 0.1) is 0 Å². The zero-order chi connectivity index (χ0) is 27.9. The minimum atomic E-state index is -1.14. The molecule has 0 aromatic heterocycles. The third-order valence-corrected chi connectivity index (χ3v) is 5.24. The normalized spacial score (nSPS) is 12.7. The molecule has 3 amide bonds. The van der Waals surface area contributed by atoms with Crippen molar-refractivity contribution in [1.82, 2.24) is 15.5 Å². The maximum absolute atomic E-state index is 13.9. The van der Waals surface area contributed by atoms with Crippen LogP contribution < -0.4 is 10.6 Å². The van der Waals surface area contributed by atoms with Crippen molar-refractivity contribution in [3.63, 3.8) is 0 Å². The van der Waals surface area contributed by atoms with Gasteiger partial charge in [0.15, 0.2) is 0 Å². The van der Waals surface area contributed by atoms with Crippen LogP contribution in [-0.2, 0) is 20.7 Å². The van der Waals surface area contributed by atoms with Crippen molar-refractivity contribution in [3.8, 4) is 18.2 Å². The molecule has 3 N–H and O–H groups in total. The van der Waals surface area contributed by atoms with E-state index >= 15 is 0 Å². The highest BCUT2D eigenvalue weighted by molar-refractivity contribution is 5.93. The second-order valence-electron chi connectivity index (χ2n) is 10.4. The molecule has 8 heteroatoms. The molecular formula is C29H37N3O5. The fraction of sp³-hybridized carbons (Fsp3) is 0.414. The number of carbonyl (C=O) groups is 3. The summed E-state index contributed by atoms with van der Waals surface area (Å²) in [6.45, 7) is 12.6. The van der Waals surface area contributed by atoms with Crippen molar-refractivity contribution in [2.75, 3.05) is 0 Å². The number of nitrogens with one attached hydrogen (secondary N) is 2. The van der Waals surface area contributed by atoms with Crippen molar-refractivity contribution in [2.24, 2.45) is 0 Å². The number of rotatable bonds is 8. The predicted molar refractivity (Wildman–Crippen MR) is 143 cm³/mol. The molecular weight excluding hydrogens is 470 g/mol. The molecule has 2 unspecified atom stereocenters. The van der Waals surface area contributed by atoms with Crippen LogP contribution >= 0.6 is 0 Å². The summed E-state index contributed by atoms with van der Waals surface area (Å²) < 4.78 is 5.37. The van der Waals surface area contributed by atoms with E-state index in [-0.39, 0.29) is 18.2 Å². The molecule has 0 aliphatic rings. The highest BCUT2D eigenvalue weighted by Gasteiger charge is 2.36. The molecule has 0 aliphatic carbocycles. The summed E-state index contributed by atoms with van der Waals surface area (Å²) in [5, 5.41) is 15.1. The minimum absolute atomic E-state index is 0.0574. The lowest BCUT2D eigenvalue weighted by molar-refractivity contribution is -0.138. The van der Waals surface area contributed by atoms with Gasteiger partial charge in [-0.3, -0.25) is 14.5 Å². The van der Waals surface area contributed by atoms with E-state index in [1.165, 1.54) is 12.1 Å². The first-order valence-corrected chi connectivity index (χ1v) is 12.2. The number of ether oxygens (including phenoxy) is 1. The Balaban J connectivity index is 2.52. The van der Waals surface area contributed by atoms with E-state index in [9.17, 15) is 19.5 Å². The number of aromatic hydroxyl groups is 1. The van der Waals surface area contributed by atoms with E-state index in [1.54, 1.807) is 32.9 Å². The number of phenols is 1. The van der Waals surface area contributed by atoms with Crippen LogP contribution in [0.1, 0.15) is 62.9 Å². The van der Waals surface area contributed by atoms with Gasteiger partial charge in [-0.2, -0.15) is 0 Å². The van der Waals surface area contributed by atoms with E-state index in [0.29, 0.717) is 11.1 Å². The molecule has 37 heavy (non-hydrogen) atoms. The Morgan fingerprint density at radius 2 is 1.59 bits per heavy atom. The molecule has 0 heterocycles. The Hall–Kier alpha value is -3.99. The topological polar surface area (TPSA) is 108 Å². The highest BCUT2D eigenvalue weighted by Crippen LogP contribution is 2.25. The number of hydrogen-bond donors (Lipinski definition) is 3. The van der Waals surface area contributed by atoms with Gasteiger partial charge in [0.1, 0.15) is 23.4 Å². The van der Waals surface area contributed by atoms with Crippen LogP contribution in [0.4, 0.5) is 4.79 Å². The maximum Gasteiger partial charge on any atom is 0.408 e. The second-order valence-corrected chi connectivity index (χ2v) is 10.4. The molecule has 198 valence electrons. The molecule has 2 aromatic carbocycles. The Labute approximate surface area is 219 Å². The van der Waals surface area contributed by atoms with E-state index in [4.69, 9.17) is 11.2 Å². The van der Waals surface area contributed by atoms with Gasteiger partial charge in [-0.1, -0.05) is 47.9 Å². The monoisotopic (exact) mass is 507 g/mol. The molecule has 2 rings (SSSR count). The molecule has 0 fully saturated rings. The number of terminal acetylenes is 1. The lowest BCUT2D eigenvalue weighted by Gasteiger charge is -2.31. The molecule has 8 nitrogen and oxygen atoms in total. The van der Waals surface area contributed by atoms with Crippen molar-refractivity contribution in [3.05, 3.63) is 64.7 Å². The number of carbonyl (C=O) groups excluding carboxylic acids is 3. The predicted octanol–water partition coefficient (Wildman–Crippen LogP) is 4.13. The second kappa shape index (κ2) is 12.3. The fourth-order valence-corrected chi connectivity index (χ4v) is 3.90. The summed E-state index contributed by atoms with van der Waals surface area (Å²) in [4.78, 5) is 41.0. The highest BCUT2D eigenvalue weighted by atomic mass is 16.6. The standard InChI is InChI=1S/C29H37N3O5/c1-9-32(25(26(34)30-18(2)3)22-15-19(4)14-20(5)16-22)27(35)24(31-28(36)37-29(6,7)8)17-21-10-12-23(33)13-11-21/h1,10-16,18,24-25,33H,17H2,2-8H3,(H,30,34)(H,31,36). The number of aryl methyl sites for hydroxylation is 2. The van der Waals surface area contributed by atoms with E-state index in [0.717, 1.165) is 16.0 Å². The van der Waals surface area contributed by atoms with Gasteiger partial charge >= 0.3 is 6.09 Å². The summed E-state index contributed by atoms with van der Waals surface area (Å²) in [6, 6.07) is 11.7. The van der Waals surface area contributed by atoms with Crippen LogP contribution in [-0.4, -0.2) is 45.6 Å². The first-order chi connectivity index (χ1) is 17.2. The lowest BCUT2D eigenvalue weighted by Crippen LogP contribution is -2.52. The molecule has 0 aliphatic heterocycles. The number of hydrogen-bond acceptors (Lipinski definition) is 5. The van der Waals surface area contributed by atoms with Crippen LogP contribution in [0, 0.1) is 26.3 Å². The molecule has 0 radical (unpaired) electrons. The Morgan fingerprint density at radius 3 is 2.08 bits per heavy atom. The Kier molecular flexibility index (Phi) is 9.73. The smallest absolute Gasteiger partial charge is 0.408 e. The van der Waals surface area contributed by atoms with E-state index in [1.807, 2.05) is 45.9 Å². The third kappa shape index (κ3) is 8.87. The van der Waals surface area contributed by atoms with E-state index in [2.05, 4.69) is 16.7 Å². The average molecular weight is 508 g/mol. The molecule has 2 aromatic rings. The first-order valence-electron chi connectivity index (χ1n) is 12.2. The summed E-state index contributed by atoms with van der Waals surface area (Å²) >= 11 is 0. The summed E-state index contributed by atoms with van der Waals surface area (Å²) in [7, 11) is 0. The van der Waals surface area contributed by atoms with Crippen LogP contribution in [0.3, 0.4) is 0 Å². The van der Waals surface area contributed by atoms with Crippen LogP contribution in [0.2, 0.25) is 0 Å². The van der Waals surface area contributed by atoms with Gasteiger partial charge in [-0.05, 0) is 71.7 Å². The van der Waals surface area contributed by atoms with Gasteiger partial charge in [0, 0.05) is 18.5 Å². The molecule has 2 atom stereocenters. The van der Waals surface area contributed by atoms with Gasteiger partial charge in [-0.25, -0.2) is 4.79 Å². The summed E-state index contributed by atoms with van der Waals surface area (Å²) in [5.74, 6) is -1.02. The number of phenolic OH excluding ortho intramolecular Hbond substituents is 1. The van der Waals surface area contributed by atoms with E-state index < -0.39 is 35.6 Å². The fourth-order valence-electron chi connectivity index (χ4n) is 3.90. The summed E-state index contributed by atoms with van der Waals surface area (Å²) in [5.41, 5.74) is 2.26. The van der Waals surface area contributed by atoms with Crippen molar-refractivity contribution in [2.45, 2.75) is 78.6 Å². The number of benzene rings is 2. The first kappa shape index (κ1) is 29.2. The summed E-state index contributed by atoms with van der Waals surface area (Å²) in [6.07, 6.45) is 5.10. The average Bonchev–Trinajstić information content (AvgIpc) is 2.75. The largest absolute Gasteiger partial charge is 0.508 e. The van der Waals surface area contributed by atoms with Crippen molar-refractivity contribution >= 4 is 17.9 Å². The zero-order valence-electron chi connectivity index (χ0n) is 22.6. The number of nitrogens with zero attached hydrogens (tertiary/aromatic N) is 1. The van der Waals surface area contributed by atoms with Crippen molar-refractivity contribution in [1.29, 1.82) is 0 Å². The molecule has 0 saturated carbocycles.